The Morgan fingerprint density at radius 2 is 2.16 bits per heavy atom. The Morgan fingerprint density at radius 3 is 2.84 bits per heavy atom. The number of hydrogen-bond acceptors (Lipinski definition) is 4. The van der Waals surface area contributed by atoms with Gasteiger partial charge in [0.05, 0.1) is 30.4 Å². The van der Waals surface area contributed by atoms with E-state index in [1.807, 2.05) is 0 Å². The monoisotopic (exact) mass is 365 g/mol. The maximum Gasteiger partial charge on any atom is 0.347 e. The first-order valence-electron chi connectivity index (χ1n) is 8.24. The fourth-order valence-corrected chi connectivity index (χ4v) is 3.45. The lowest BCUT2D eigenvalue weighted by atomic mass is 10.0. The number of halogens is 2. The number of alkyl halides is 1. The van der Waals surface area contributed by atoms with Crippen molar-refractivity contribution in [2.75, 3.05) is 13.1 Å². The summed E-state index contributed by atoms with van der Waals surface area (Å²) in [4.78, 5) is 31.0. The minimum Gasteiger partial charge on any atom is -0.335 e. The van der Waals surface area contributed by atoms with Gasteiger partial charge in [0.1, 0.15) is 18.0 Å². The number of carbonyl (C=O) groups excluding carboxylic acids is 1. The molecule has 2 aliphatic rings. The highest BCUT2D eigenvalue weighted by atomic mass is 35.5. The SMILES string of the molecule is O=C([C@@H]1CCCc2nn(Cc3ccc(Cl)cn3)c(=O)n21)N1CC(F)C1. The van der Waals surface area contributed by atoms with Crippen LogP contribution in [-0.4, -0.2) is 49.4 Å². The van der Waals surface area contributed by atoms with Crippen LogP contribution in [0.4, 0.5) is 4.39 Å². The van der Waals surface area contributed by atoms with Gasteiger partial charge in [0.2, 0.25) is 5.91 Å². The summed E-state index contributed by atoms with van der Waals surface area (Å²) in [5.74, 6) is 0.405. The minimum absolute atomic E-state index is 0.113. The first-order chi connectivity index (χ1) is 12.0. The average Bonchev–Trinajstić information content (AvgIpc) is 2.89. The van der Waals surface area contributed by atoms with Crippen LogP contribution in [-0.2, 0) is 17.8 Å². The van der Waals surface area contributed by atoms with Gasteiger partial charge in [-0.3, -0.25) is 14.3 Å². The lowest BCUT2D eigenvalue weighted by molar-refractivity contribution is -0.142. The van der Waals surface area contributed by atoms with Crippen LogP contribution < -0.4 is 5.69 Å². The van der Waals surface area contributed by atoms with E-state index < -0.39 is 12.2 Å². The molecule has 0 aliphatic carbocycles. The Labute approximate surface area is 148 Å². The molecular weight excluding hydrogens is 349 g/mol. The summed E-state index contributed by atoms with van der Waals surface area (Å²) >= 11 is 5.82. The zero-order valence-electron chi connectivity index (χ0n) is 13.4. The zero-order valence-corrected chi connectivity index (χ0v) is 14.2. The molecule has 1 amide bonds. The molecule has 1 fully saturated rings. The molecule has 0 saturated carbocycles. The van der Waals surface area contributed by atoms with E-state index >= 15 is 0 Å². The minimum atomic E-state index is -0.956. The van der Waals surface area contributed by atoms with E-state index in [0.29, 0.717) is 29.4 Å². The molecule has 2 aromatic rings. The Bertz CT molecular complexity index is 856. The van der Waals surface area contributed by atoms with Gasteiger partial charge in [0.15, 0.2) is 0 Å². The molecule has 25 heavy (non-hydrogen) atoms. The van der Waals surface area contributed by atoms with Crippen molar-refractivity contribution in [3.8, 4) is 0 Å². The summed E-state index contributed by atoms with van der Waals surface area (Å²) in [6.07, 6.45) is 2.55. The molecule has 1 saturated heterocycles. The maximum absolute atomic E-state index is 13.0. The van der Waals surface area contributed by atoms with Crippen molar-refractivity contribution in [3.05, 3.63) is 45.4 Å². The van der Waals surface area contributed by atoms with Crippen molar-refractivity contribution < 1.29 is 9.18 Å². The van der Waals surface area contributed by atoms with Gasteiger partial charge in [-0.25, -0.2) is 13.9 Å². The zero-order chi connectivity index (χ0) is 17.6. The van der Waals surface area contributed by atoms with Crippen LogP contribution in [0.3, 0.4) is 0 Å². The van der Waals surface area contributed by atoms with E-state index in [9.17, 15) is 14.0 Å². The number of fused-ring (bicyclic) bond motifs is 1. The number of rotatable bonds is 3. The van der Waals surface area contributed by atoms with Gasteiger partial charge in [0, 0.05) is 12.6 Å². The van der Waals surface area contributed by atoms with Crippen molar-refractivity contribution in [2.24, 2.45) is 0 Å². The third-order valence-corrected chi connectivity index (χ3v) is 4.89. The molecule has 132 valence electrons. The topological polar surface area (TPSA) is 73.0 Å². The normalized spacial score (nSPS) is 20.2. The summed E-state index contributed by atoms with van der Waals surface area (Å²) in [6.45, 7) is 0.442. The van der Waals surface area contributed by atoms with Crippen molar-refractivity contribution >= 4 is 17.5 Å². The third-order valence-electron chi connectivity index (χ3n) is 4.66. The summed E-state index contributed by atoms with van der Waals surface area (Å²) in [5.41, 5.74) is 0.329. The smallest absolute Gasteiger partial charge is 0.335 e. The highest BCUT2D eigenvalue weighted by Gasteiger charge is 2.38. The quantitative estimate of drug-likeness (QED) is 0.819. The number of carbonyl (C=O) groups is 1. The molecule has 7 nitrogen and oxygen atoms in total. The van der Waals surface area contributed by atoms with Crippen LogP contribution in [0, 0.1) is 0 Å². The standard InChI is InChI=1S/C16H17ClFN5O2/c17-10-4-5-12(19-6-10)9-22-16(25)23-13(2-1-3-14(23)20-22)15(24)21-7-11(18)8-21/h4-6,11,13H,1-3,7-9H2/t13-/m0/s1. The first-order valence-corrected chi connectivity index (χ1v) is 8.62. The van der Waals surface area contributed by atoms with Gasteiger partial charge in [-0.2, -0.15) is 5.10 Å². The molecule has 0 unspecified atom stereocenters. The van der Waals surface area contributed by atoms with Crippen molar-refractivity contribution in [1.82, 2.24) is 24.2 Å². The van der Waals surface area contributed by atoms with E-state index in [0.717, 1.165) is 6.42 Å². The summed E-state index contributed by atoms with van der Waals surface area (Å²) < 4.78 is 15.8. The number of nitrogens with zero attached hydrogens (tertiary/aromatic N) is 5. The average molecular weight is 366 g/mol. The van der Waals surface area contributed by atoms with Crippen LogP contribution in [0.15, 0.2) is 23.1 Å². The molecule has 0 radical (unpaired) electrons. The number of amides is 1. The fraction of sp³-hybridized carbons (Fsp3) is 0.500. The second-order valence-corrected chi connectivity index (χ2v) is 6.88. The van der Waals surface area contributed by atoms with E-state index in [1.165, 1.54) is 20.3 Å². The Hall–Kier alpha value is -2.22. The van der Waals surface area contributed by atoms with Crippen LogP contribution >= 0.6 is 11.6 Å². The molecule has 4 heterocycles. The third kappa shape index (κ3) is 2.95. The summed E-state index contributed by atoms with van der Waals surface area (Å²) in [6, 6.07) is 2.85. The number of hydrogen-bond donors (Lipinski definition) is 0. The molecule has 0 bridgehead atoms. The summed E-state index contributed by atoms with van der Waals surface area (Å²) in [7, 11) is 0. The van der Waals surface area contributed by atoms with E-state index in [4.69, 9.17) is 11.6 Å². The van der Waals surface area contributed by atoms with E-state index in [2.05, 4.69) is 10.1 Å². The number of aromatic nitrogens is 4. The van der Waals surface area contributed by atoms with Gasteiger partial charge in [-0.1, -0.05) is 11.6 Å². The predicted molar refractivity (Wildman–Crippen MR) is 88.3 cm³/mol. The molecular formula is C16H17ClFN5O2. The Kier molecular flexibility index (Phi) is 4.07. The lowest BCUT2D eigenvalue weighted by Crippen LogP contribution is -2.54. The van der Waals surface area contributed by atoms with Crippen molar-refractivity contribution in [1.29, 1.82) is 0 Å². The van der Waals surface area contributed by atoms with Crippen LogP contribution in [0.5, 0.6) is 0 Å². The highest BCUT2D eigenvalue weighted by Crippen LogP contribution is 2.26. The second-order valence-electron chi connectivity index (χ2n) is 6.44. The lowest BCUT2D eigenvalue weighted by Gasteiger charge is -2.37. The molecule has 0 N–H and O–H groups in total. The molecule has 0 spiro atoms. The van der Waals surface area contributed by atoms with Crippen LogP contribution in [0.25, 0.3) is 0 Å². The fourth-order valence-electron chi connectivity index (χ4n) is 3.34. The van der Waals surface area contributed by atoms with Crippen molar-refractivity contribution in [3.63, 3.8) is 0 Å². The summed E-state index contributed by atoms with van der Waals surface area (Å²) in [5, 5.41) is 4.89. The highest BCUT2D eigenvalue weighted by molar-refractivity contribution is 6.30. The molecule has 9 heteroatoms. The van der Waals surface area contributed by atoms with Crippen molar-refractivity contribution in [2.45, 2.75) is 38.0 Å². The predicted octanol–water partition coefficient (Wildman–Crippen LogP) is 1.20. The van der Waals surface area contributed by atoms with Gasteiger partial charge >= 0.3 is 5.69 Å². The number of aryl methyl sites for hydroxylation is 1. The van der Waals surface area contributed by atoms with Gasteiger partial charge in [-0.05, 0) is 25.0 Å². The number of likely N-dealkylation sites (tertiary alicyclic amines) is 1. The van der Waals surface area contributed by atoms with Gasteiger partial charge in [0.25, 0.3) is 0 Å². The maximum atomic E-state index is 13.0. The molecule has 2 aromatic heterocycles. The Balaban J connectivity index is 1.61. The molecule has 1 atom stereocenters. The van der Waals surface area contributed by atoms with Gasteiger partial charge in [-0.15, -0.1) is 0 Å². The number of pyridine rings is 1. The second kappa shape index (κ2) is 6.25. The molecule has 2 aliphatic heterocycles. The largest absolute Gasteiger partial charge is 0.347 e. The molecule has 4 rings (SSSR count). The van der Waals surface area contributed by atoms with E-state index in [-0.39, 0.29) is 31.2 Å². The van der Waals surface area contributed by atoms with E-state index in [1.54, 1.807) is 12.1 Å². The van der Waals surface area contributed by atoms with Crippen LogP contribution in [0.2, 0.25) is 5.02 Å². The van der Waals surface area contributed by atoms with Crippen LogP contribution in [0.1, 0.15) is 30.4 Å². The first kappa shape index (κ1) is 16.3. The van der Waals surface area contributed by atoms with Gasteiger partial charge < -0.3 is 4.90 Å². The molecule has 0 aromatic carbocycles. The Morgan fingerprint density at radius 1 is 1.36 bits per heavy atom.